The Bertz CT molecular complexity index is 1060. The SMILES string of the molecule is CCOCCOCC#Cc1ccc(-c2ccc(C#CCOCCOCC)cc2C(=O)O)c(C(=O)O)c1. The Morgan fingerprint density at radius 2 is 1.06 bits per heavy atom. The summed E-state index contributed by atoms with van der Waals surface area (Å²) in [5.41, 5.74) is 1.40. The summed E-state index contributed by atoms with van der Waals surface area (Å²) < 4.78 is 21.0. The van der Waals surface area contributed by atoms with E-state index in [4.69, 9.17) is 18.9 Å². The van der Waals surface area contributed by atoms with E-state index in [1.807, 2.05) is 13.8 Å². The predicted octanol–water partition coefficient (Wildman–Crippen LogP) is 3.56. The summed E-state index contributed by atoms with van der Waals surface area (Å²) in [7, 11) is 0. The molecule has 0 fully saturated rings. The lowest BCUT2D eigenvalue weighted by Crippen LogP contribution is -2.05. The maximum Gasteiger partial charge on any atom is 0.336 e. The van der Waals surface area contributed by atoms with Crippen molar-refractivity contribution in [1.82, 2.24) is 0 Å². The molecule has 0 aromatic heterocycles. The molecule has 8 nitrogen and oxygen atoms in total. The number of carbonyl (C=O) groups is 2. The van der Waals surface area contributed by atoms with E-state index < -0.39 is 11.9 Å². The Balaban J connectivity index is 2.21. The second-order valence-corrected chi connectivity index (χ2v) is 7.23. The van der Waals surface area contributed by atoms with E-state index >= 15 is 0 Å². The summed E-state index contributed by atoms with van der Waals surface area (Å²) >= 11 is 0. The molecule has 0 heterocycles. The third-order valence-electron chi connectivity index (χ3n) is 4.76. The highest BCUT2D eigenvalue weighted by Gasteiger charge is 2.18. The number of aromatic carboxylic acids is 2. The van der Waals surface area contributed by atoms with Crippen LogP contribution in [0.15, 0.2) is 36.4 Å². The lowest BCUT2D eigenvalue weighted by atomic mass is 9.92. The van der Waals surface area contributed by atoms with Gasteiger partial charge in [-0.1, -0.05) is 35.8 Å². The van der Waals surface area contributed by atoms with Crippen LogP contribution >= 0.6 is 0 Å². The van der Waals surface area contributed by atoms with Gasteiger partial charge in [0.25, 0.3) is 0 Å². The summed E-state index contributed by atoms with van der Waals surface area (Å²) in [6.07, 6.45) is 0. The number of carboxylic acids is 2. The van der Waals surface area contributed by atoms with Gasteiger partial charge in [-0.15, -0.1) is 0 Å². The van der Waals surface area contributed by atoms with Crippen molar-refractivity contribution in [2.75, 3.05) is 52.9 Å². The Kier molecular flexibility index (Phi) is 12.8. The Morgan fingerprint density at radius 3 is 1.42 bits per heavy atom. The predicted molar refractivity (Wildman–Crippen MR) is 134 cm³/mol. The quantitative estimate of drug-likeness (QED) is 0.321. The van der Waals surface area contributed by atoms with Crippen LogP contribution < -0.4 is 0 Å². The van der Waals surface area contributed by atoms with Crippen LogP contribution in [-0.4, -0.2) is 75.0 Å². The third-order valence-corrected chi connectivity index (χ3v) is 4.76. The van der Waals surface area contributed by atoms with Crippen molar-refractivity contribution in [1.29, 1.82) is 0 Å². The van der Waals surface area contributed by atoms with Crippen LogP contribution in [0.1, 0.15) is 45.7 Å². The monoisotopic (exact) mass is 494 g/mol. The van der Waals surface area contributed by atoms with Gasteiger partial charge in [-0.25, -0.2) is 9.59 Å². The number of hydrogen-bond acceptors (Lipinski definition) is 6. The van der Waals surface area contributed by atoms with Crippen molar-refractivity contribution >= 4 is 11.9 Å². The minimum absolute atomic E-state index is 0.0527. The van der Waals surface area contributed by atoms with E-state index in [9.17, 15) is 19.8 Å². The lowest BCUT2D eigenvalue weighted by Gasteiger charge is -2.11. The molecule has 0 atom stereocenters. The molecule has 2 rings (SSSR count). The Labute approximate surface area is 211 Å². The summed E-state index contributed by atoms with van der Waals surface area (Å²) in [5.74, 6) is 9.02. The molecular formula is C28H30O8. The van der Waals surface area contributed by atoms with Crippen LogP contribution in [0.5, 0.6) is 0 Å². The van der Waals surface area contributed by atoms with Gasteiger partial charge in [0.15, 0.2) is 0 Å². The zero-order valence-electron chi connectivity index (χ0n) is 20.5. The smallest absolute Gasteiger partial charge is 0.336 e. The lowest BCUT2D eigenvalue weighted by molar-refractivity contribution is 0.0662. The highest BCUT2D eigenvalue weighted by Crippen LogP contribution is 2.29. The first-order valence-corrected chi connectivity index (χ1v) is 11.5. The highest BCUT2D eigenvalue weighted by atomic mass is 16.5. The standard InChI is InChI=1S/C28H30O8/c1-3-33-15-17-35-13-5-7-21-9-11-23(25(19-21)27(29)30)24-12-10-22(20-26(24)28(31)32)8-6-14-36-18-16-34-4-2/h9-12,19-20H,3-4,13-18H2,1-2H3,(H,29,30)(H,31,32). The van der Waals surface area contributed by atoms with E-state index in [1.54, 1.807) is 24.3 Å². The van der Waals surface area contributed by atoms with Gasteiger partial charge in [0, 0.05) is 24.3 Å². The van der Waals surface area contributed by atoms with E-state index in [1.165, 1.54) is 12.1 Å². The molecule has 0 aliphatic rings. The Morgan fingerprint density at radius 1 is 0.667 bits per heavy atom. The normalized spacial score (nSPS) is 10.2. The third kappa shape index (κ3) is 9.53. The van der Waals surface area contributed by atoms with Gasteiger partial charge in [0.05, 0.1) is 37.6 Å². The van der Waals surface area contributed by atoms with Crippen molar-refractivity contribution in [3.05, 3.63) is 58.7 Å². The zero-order valence-corrected chi connectivity index (χ0v) is 20.5. The molecule has 0 saturated heterocycles. The zero-order chi connectivity index (χ0) is 26.2. The van der Waals surface area contributed by atoms with Crippen molar-refractivity contribution in [2.45, 2.75) is 13.8 Å². The summed E-state index contributed by atoms with van der Waals surface area (Å²) in [5, 5.41) is 19.5. The minimum atomic E-state index is -1.19. The van der Waals surface area contributed by atoms with Gasteiger partial charge in [0.1, 0.15) is 13.2 Å². The largest absolute Gasteiger partial charge is 0.478 e. The van der Waals surface area contributed by atoms with E-state index in [0.29, 0.717) is 50.8 Å². The van der Waals surface area contributed by atoms with Crippen LogP contribution in [0, 0.1) is 23.7 Å². The molecular weight excluding hydrogens is 464 g/mol. The first kappa shape index (κ1) is 28.6. The highest BCUT2D eigenvalue weighted by molar-refractivity contribution is 6.02. The van der Waals surface area contributed by atoms with Crippen LogP contribution in [0.25, 0.3) is 11.1 Å². The molecule has 2 aromatic rings. The van der Waals surface area contributed by atoms with Crippen molar-refractivity contribution in [2.24, 2.45) is 0 Å². The minimum Gasteiger partial charge on any atom is -0.478 e. The molecule has 0 bridgehead atoms. The molecule has 2 aromatic carbocycles. The van der Waals surface area contributed by atoms with Crippen molar-refractivity contribution in [3.8, 4) is 34.8 Å². The molecule has 36 heavy (non-hydrogen) atoms. The summed E-state index contributed by atoms with van der Waals surface area (Å²) in [4.78, 5) is 23.9. The number of ether oxygens (including phenoxy) is 4. The number of hydrogen-bond donors (Lipinski definition) is 2. The van der Waals surface area contributed by atoms with Gasteiger partial charge in [0.2, 0.25) is 0 Å². The number of rotatable bonds is 13. The fourth-order valence-electron chi connectivity index (χ4n) is 3.11. The van der Waals surface area contributed by atoms with Gasteiger partial charge in [-0.05, 0) is 49.2 Å². The summed E-state index contributed by atoms with van der Waals surface area (Å²) in [6, 6.07) is 9.25. The molecule has 0 saturated carbocycles. The molecule has 0 spiro atoms. The number of benzene rings is 2. The first-order chi connectivity index (χ1) is 17.5. The van der Waals surface area contributed by atoms with Gasteiger partial charge in [-0.2, -0.15) is 0 Å². The van der Waals surface area contributed by atoms with E-state index in [0.717, 1.165) is 0 Å². The average molecular weight is 495 g/mol. The maximum absolute atomic E-state index is 12.0. The van der Waals surface area contributed by atoms with Crippen LogP contribution in [0.4, 0.5) is 0 Å². The Hall–Kier alpha value is -3.66. The van der Waals surface area contributed by atoms with Crippen LogP contribution in [0.3, 0.4) is 0 Å². The summed E-state index contributed by atoms with van der Waals surface area (Å²) in [6.45, 7) is 7.18. The molecule has 190 valence electrons. The molecule has 0 unspecified atom stereocenters. The van der Waals surface area contributed by atoms with Gasteiger partial charge < -0.3 is 29.2 Å². The fourth-order valence-corrected chi connectivity index (χ4v) is 3.11. The molecule has 0 amide bonds. The molecule has 0 aliphatic heterocycles. The second-order valence-electron chi connectivity index (χ2n) is 7.23. The topological polar surface area (TPSA) is 112 Å². The van der Waals surface area contributed by atoms with Gasteiger partial charge in [-0.3, -0.25) is 0 Å². The molecule has 2 N–H and O–H groups in total. The maximum atomic E-state index is 12.0. The molecule has 8 heteroatoms. The van der Waals surface area contributed by atoms with E-state index in [2.05, 4.69) is 23.7 Å². The van der Waals surface area contributed by atoms with Crippen molar-refractivity contribution in [3.63, 3.8) is 0 Å². The van der Waals surface area contributed by atoms with Crippen molar-refractivity contribution < 1.29 is 38.7 Å². The number of carboxylic acid groups (broad SMARTS) is 2. The van der Waals surface area contributed by atoms with Gasteiger partial charge >= 0.3 is 11.9 Å². The fraction of sp³-hybridized carbons (Fsp3) is 0.357. The molecule has 0 aliphatic carbocycles. The van der Waals surface area contributed by atoms with E-state index in [-0.39, 0.29) is 35.5 Å². The molecule has 0 radical (unpaired) electrons. The first-order valence-electron chi connectivity index (χ1n) is 11.5. The van der Waals surface area contributed by atoms with Crippen LogP contribution in [0.2, 0.25) is 0 Å². The average Bonchev–Trinajstić information content (AvgIpc) is 2.87. The van der Waals surface area contributed by atoms with Crippen LogP contribution in [-0.2, 0) is 18.9 Å². The second kappa shape index (κ2) is 16.1.